The first-order valence-electron chi connectivity index (χ1n) is 6.15. The standard InChI is InChI=1S/C15H15N3O/c1-10-4-5-11-9-12(6-7-13(11)17-10)15(18-16)14-3-2-8-19-14/h2-9,15,18H,16H2,1H3. The van der Waals surface area contributed by atoms with Crippen LogP contribution >= 0.6 is 0 Å². The van der Waals surface area contributed by atoms with Crippen LogP contribution in [0.1, 0.15) is 23.1 Å². The van der Waals surface area contributed by atoms with E-state index in [2.05, 4.69) is 22.5 Å². The Morgan fingerprint density at radius 1 is 1.21 bits per heavy atom. The molecular formula is C15H15N3O. The van der Waals surface area contributed by atoms with Crippen molar-refractivity contribution in [2.45, 2.75) is 13.0 Å². The van der Waals surface area contributed by atoms with Gasteiger partial charge in [-0.1, -0.05) is 12.1 Å². The van der Waals surface area contributed by atoms with Gasteiger partial charge in [0.25, 0.3) is 0 Å². The SMILES string of the molecule is Cc1ccc2cc(C(NN)c3ccco3)ccc2n1. The molecule has 3 aromatic rings. The zero-order chi connectivity index (χ0) is 13.2. The van der Waals surface area contributed by atoms with E-state index in [0.717, 1.165) is 27.9 Å². The van der Waals surface area contributed by atoms with Gasteiger partial charge in [0.05, 0.1) is 11.8 Å². The second kappa shape index (κ2) is 4.84. The molecule has 1 unspecified atom stereocenters. The number of hydrazine groups is 1. The summed E-state index contributed by atoms with van der Waals surface area (Å²) in [6.45, 7) is 1.99. The van der Waals surface area contributed by atoms with Crippen LogP contribution in [0, 0.1) is 6.92 Å². The van der Waals surface area contributed by atoms with E-state index >= 15 is 0 Å². The predicted molar refractivity (Wildman–Crippen MR) is 74.4 cm³/mol. The number of benzene rings is 1. The van der Waals surface area contributed by atoms with E-state index < -0.39 is 0 Å². The fourth-order valence-corrected chi connectivity index (χ4v) is 2.22. The maximum atomic E-state index is 5.64. The molecule has 3 rings (SSSR count). The van der Waals surface area contributed by atoms with E-state index in [-0.39, 0.29) is 6.04 Å². The van der Waals surface area contributed by atoms with Crippen LogP contribution in [0.15, 0.2) is 53.1 Å². The molecule has 2 heterocycles. The Hall–Kier alpha value is -2.17. The maximum absolute atomic E-state index is 5.64. The third kappa shape index (κ3) is 2.23. The number of hydrogen-bond donors (Lipinski definition) is 2. The number of nitrogens with one attached hydrogen (secondary N) is 1. The molecule has 0 bridgehead atoms. The molecule has 19 heavy (non-hydrogen) atoms. The molecule has 0 aliphatic heterocycles. The monoisotopic (exact) mass is 253 g/mol. The van der Waals surface area contributed by atoms with E-state index in [1.807, 2.05) is 37.3 Å². The molecule has 3 N–H and O–H groups in total. The Labute approximate surface area is 111 Å². The van der Waals surface area contributed by atoms with Gasteiger partial charge < -0.3 is 4.42 Å². The van der Waals surface area contributed by atoms with Crippen LogP contribution in [-0.4, -0.2) is 4.98 Å². The van der Waals surface area contributed by atoms with Gasteiger partial charge in [-0.2, -0.15) is 0 Å². The second-order valence-electron chi connectivity index (χ2n) is 4.52. The first-order chi connectivity index (χ1) is 9.28. The van der Waals surface area contributed by atoms with Gasteiger partial charge in [0.1, 0.15) is 11.8 Å². The Morgan fingerprint density at radius 2 is 2.11 bits per heavy atom. The summed E-state index contributed by atoms with van der Waals surface area (Å²) in [5.41, 5.74) is 5.83. The summed E-state index contributed by atoms with van der Waals surface area (Å²) in [6.07, 6.45) is 1.64. The first-order valence-corrected chi connectivity index (χ1v) is 6.15. The second-order valence-corrected chi connectivity index (χ2v) is 4.52. The number of aryl methyl sites for hydroxylation is 1. The van der Waals surface area contributed by atoms with Crippen LogP contribution in [0.2, 0.25) is 0 Å². The highest BCUT2D eigenvalue weighted by Crippen LogP contribution is 2.24. The maximum Gasteiger partial charge on any atom is 0.126 e. The summed E-state index contributed by atoms with van der Waals surface area (Å²) in [4.78, 5) is 4.49. The molecule has 2 aromatic heterocycles. The zero-order valence-corrected chi connectivity index (χ0v) is 10.6. The summed E-state index contributed by atoms with van der Waals surface area (Å²) >= 11 is 0. The van der Waals surface area contributed by atoms with Crippen LogP contribution in [0.25, 0.3) is 10.9 Å². The average molecular weight is 253 g/mol. The number of furan rings is 1. The van der Waals surface area contributed by atoms with Crippen molar-refractivity contribution in [2.75, 3.05) is 0 Å². The van der Waals surface area contributed by atoms with Gasteiger partial charge in [-0.15, -0.1) is 0 Å². The predicted octanol–water partition coefficient (Wildman–Crippen LogP) is 2.69. The number of fused-ring (bicyclic) bond motifs is 1. The van der Waals surface area contributed by atoms with Crippen molar-refractivity contribution in [3.05, 3.63) is 65.7 Å². The third-order valence-corrected chi connectivity index (χ3v) is 3.18. The quantitative estimate of drug-likeness (QED) is 0.556. The molecule has 0 aliphatic rings. The lowest BCUT2D eigenvalue weighted by Crippen LogP contribution is -2.28. The van der Waals surface area contributed by atoms with Gasteiger partial charge in [0.15, 0.2) is 0 Å². The molecule has 96 valence electrons. The lowest BCUT2D eigenvalue weighted by Gasteiger charge is -2.14. The minimum Gasteiger partial charge on any atom is -0.467 e. The molecule has 0 amide bonds. The smallest absolute Gasteiger partial charge is 0.126 e. The molecule has 0 saturated heterocycles. The van der Waals surface area contributed by atoms with Crippen LogP contribution < -0.4 is 11.3 Å². The number of rotatable bonds is 3. The molecule has 0 fully saturated rings. The van der Waals surface area contributed by atoms with Gasteiger partial charge in [-0.05, 0) is 42.8 Å². The fraction of sp³-hybridized carbons (Fsp3) is 0.133. The molecule has 0 spiro atoms. The van der Waals surface area contributed by atoms with Crippen molar-refractivity contribution in [1.29, 1.82) is 0 Å². The van der Waals surface area contributed by atoms with Crippen molar-refractivity contribution in [3.8, 4) is 0 Å². The Morgan fingerprint density at radius 3 is 2.84 bits per heavy atom. The number of hydrogen-bond acceptors (Lipinski definition) is 4. The minimum atomic E-state index is -0.152. The topological polar surface area (TPSA) is 64.1 Å². The van der Waals surface area contributed by atoms with E-state index in [1.54, 1.807) is 6.26 Å². The van der Waals surface area contributed by atoms with Gasteiger partial charge >= 0.3 is 0 Å². The minimum absolute atomic E-state index is 0.152. The van der Waals surface area contributed by atoms with Gasteiger partial charge in [0, 0.05) is 11.1 Å². The number of nitrogens with two attached hydrogens (primary N) is 1. The van der Waals surface area contributed by atoms with Crippen molar-refractivity contribution in [1.82, 2.24) is 10.4 Å². The Kier molecular flexibility index (Phi) is 3.03. The lowest BCUT2D eigenvalue weighted by molar-refractivity contribution is 0.452. The molecule has 4 heteroatoms. The Balaban J connectivity index is 2.07. The highest BCUT2D eigenvalue weighted by atomic mass is 16.3. The molecule has 1 atom stereocenters. The third-order valence-electron chi connectivity index (χ3n) is 3.18. The van der Waals surface area contributed by atoms with E-state index in [1.165, 1.54) is 0 Å². The molecule has 0 aliphatic carbocycles. The van der Waals surface area contributed by atoms with Gasteiger partial charge in [0.2, 0.25) is 0 Å². The molecule has 1 aromatic carbocycles. The van der Waals surface area contributed by atoms with Crippen LogP contribution in [0.3, 0.4) is 0 Å². The van der Waals surface area contributed by atoms with Gasteiger partial charge in [-0.3, -0.25) is 10.8 Å². The average Bonchev–Trinajstić information content (AvgIpc) is 2.93. The van der Waals surface area contributed by atoms with E-state index in [4.69, 9.17) is 10.3 Å². The zero-order valence-electron chi connectivity index (χ0n) is 10.6. The van der Waals surface area contributed by atoms with Crippen LogP contribution in [0.4, 0.5) is 0 Å². The fourth-order valence-electron chi connectivity index (χ4n) is 2.22. The van der Waals surface area contributed by atoms with Crippen molar-refractivity contribution >= 4 is 10.9 Å². The number of pyridine rings is 1. The highest BCUT2D eigenvalue weighted by Gasteiger charge is 2.15. The van der Waals surface area contributed by atoms with Crippen LogP contribution in [0.5, 0.6) is 0 Å². The van der Waals surface area contributed by atoms with E-state index in [0.29, 0.717) is 0 Å². The summed E-state index contributed by atoms with van der Waals surface area (Å²) < 4.78 is 5.41. The van der Waals surface area contributed by atoms with Crippen molar-refractivity contribution in [2.24, 2.45) is 5.84 Å². The number of aromatic nitrogens is 1. The normalized spacial score (nSPS) is 12.7. The molecular weight excluding hydrogens is 238 g/mol. The number of nitrogens with zero attached hydrogens (tertiary/aromatic N) is 1. The molecule has 0 saturated carbocycles. The lowest BCUT2D eigenvalue weighted by atomic mass is 10.0. The summed E-state index contributed by atoms with van der Waals surface area (Å²) in [5, 5.41) is 1.09. The highest BCUT2D eigenvalue weighted by molar-refractivity contribution is 5.79. The molecule has 4 nitrogen and oxygen atoms in total. The van der Waals surface area contributed by atoms with E-state index in [9.17, 15) is 0 Å². The first kappa shape index (κ1) is 11.9. The van der Waals surface area contributed by atoms with Crippen molar-refractivity contribution in [3.63, 3.8) is 0 Å². The van der Waals surface area contributed by atoms with Gasteiger partial charge in [-0.25, -0.2) is 5.43 Å². The summed E-state index contributed by atoms with van der Waals surface area (Å²) in [6, 6.07) is 13.8. The van der Waals surface area contributed by atoms with Crippen LogP contribution in [-0.2, 0) is 0 Å². The summed E-state index contributed by atoms with van der Waals surface area (Å²) in [7, 11) is 0. The van der Waals surface area contributed by atoms with Crippen molar-refractivity contribution < 1.29 is 4.42 Å². The summed E-state index contributed by atoms with van der Waals surface area (Å²) in [5.74, 6) is 6.43. The largest absolute Gasteiger partial charge is 0.467 e. The molecule has 0 radical (unpaired) electrons. The Bertz CT molecular complexity index is 692.